The smallest absolute Gasteiger partial charge is 0.326 e. The molecule has 0 saturated carbocycles. The Hall–Kier alpha value is -1.56. The summed E-state index contributed by atoms with van der Waals surface area (Å²) in [4.78, 5) is 23.1. The lowest BCUT2D eigenvalue weighted by molar-refractivity contribution is -0.140. The molecule has 0 aliphatic carbocycles. The number of carboxylic acids is 1. The minimum atomic E-state index is -1.03. The molecule has 0 unspecified atom stereocenters. The van der Waals surface area contributed by atoms with E-state index < -0.39 is 12.0 Å². The molecule has 2 N–H and O–H groups in total. The second kappa shape index (κ2) is 5.67. The number of carboxylic acid groups (broad SMARTS) is 1. The predicted molar refractivity (Wildman–Crippen MR) is 64.6 cm³/mol. The standard InChI is InChI=1S/C11H15NO4S/c1-6(2)9(11(14)15)12-10(13)8-4-7(16-3)5-17-8/h4-6,9H,1-3H3,(H,12,13)(H,14,15)/t9-/m1/s1. The van der Waals surface area contributed by atoms with Crippen molar-refractivity contribution in [3.05, 3.63) is 16.3 Å². The molecule has 1 atom stereocenters. The molecule has 0 spiro atoms. The van der Waals surface area contributed by atoms with Crippen molar-refractivity contribution in [2.45, 2.75) is 19.9 Å². The van der Waals surface area contributed by atoms with Crippen molar-refractivity contribution in [1.82, 2.24) is 5.32 Å². The van der Waals surface area contributed by atoms with Gasteiger partial charge in [-0.2, -0.15) is 0 Å². The summed E-state index contributed by atoms with van der Waals surface area (Å²) in [5.41, 5.74) is 0. The van der Waals surface area contributed by atoms with Crippen LogP contribution < -0.4 is 10.1 Å². The first-order valence-corrected chi connectivity index (χ1v) is 6.00. The van der Waals surface area contributed by atoms with E-state index in [-0.39, 0.29) is 11.8 Å². The maximum Gasteiger partial charge on any atom is 0.326 e. The van der Waals surface area contributed by atoms with Crippen LogP contribution in [0.2, 0.25) is 0 Å². The predicted octanol–water partition coefficient (Wildman–Crippen LogP) is 1.60. The quantitative estimate of drug-likeness (QED) is 0.840. The Morgan fingerprint density at radius 1 is 1.47 bits per heavy atom. The number of aliphatic carboxylic acids is 1. The number of ether oxygens (including phenoxy) is 1. The highest BCUT2D eigenvalue weighted by Gasteiger charge is 2.24. The molecule has 0 bridgehead atoms. The van der Waals surface area contributed by atoms with Gasteiger partial charge >= 0.3 is 5.97 Å². The summed E-state index contributed by atoms with van der Waals surface area (Å²) in [6, 6.07) is 0.703. The van der Waals surface area contributed by atoms with E-state index in [9.17, 15) is 9.59 Å². The topological polar surface area (TPSA) is 75.6 Å². The first-order valence-electron chi connectivity index (χ1n) is 5.12. The molecule has 1 amide bonds. The van der Waals surface area contributed by atoms with Crippen LogP contribution in [0.15, 0.2) is 11.4 Å². The summed E-state index contributed by atoms with van der Waals surface area (Å²) >= 11 is 1.22. The molecular formula is C11H15NO4S. The van der Waals surface area contributed by atoms with Crippen molar-refractivity contribution in [2.24, 2.45) is 5.92 Å². The molecule has 0 aromatic carbocycles. The normalized spacial score (nSPS) is 12.2. The van der Waals surface area contributed by atoms with E-state index in [0.717, 1.165) is 0 Å². The van der Waals surface area contributed by atoms with Gasteiger partial charge in [-0.1, -0.05) is 13.8 Å². The van der Waals surface area contributed by atoms with E-state index in [1.165, 1.54) is 18.4 Å². The molecule has 1 aromatic rings. The number of rotatable bonds is 5. The molecular weight excluding hydrogens is 242 g/mol. The number of hydrogen-bond donors (Lipinski definition) is 2. The number of hydrogen-bond acceptors (Lipinski definition) is 4. The summed E-state index contributed by atoms with van der Waals surface area (Å²) in [5.74, 6) is -0.994. The molecule has 1 rings (SSSR count). The van der Waals surface area contributed by atoms with Gasteiger partial charge in [0.15, 0.2) is 0 Å². The Balaban J connectivity index is 2.73. The highest BCUT2D eigenvalue weighted by molar-refractivity contribution is 7.12. The summed E-state index contributed by atoms with van der Waals surface area (Å²) in [6.07, 6.45) is 0. The molecule has 1 heterocycles. The van der Waals surface area contributed by atoms with E-state index in [1.54, 1.807) is 25.3 Å². The zero-order valence-corrected chi connectivity index (χ0v) is 10.7. The van der Waals surface area contributed by atoms with E-state index in [4.69, 9.17) is 9.84 Å². The lowest BCUT2D eigenvalue weighted by Gasteiger charge is -2.17. The third-order valence-electron chi connectivity index (χ3n) is 2.25. The Bertz CT molecular complexity index is 413. The number of thiophene rings is 1. The van der Waals surface area contributed by atoms with Gasteiger partial charge in [0.25, 0.3) is 5.91 Å². The van der Waals surface area contributed by atoms with Crippen LogP contribution in [-0.4, -0.2) is 30.1 Å². The van der Waals surface area contributed by atoms with Crippen molar-refractivity contribution in [3.8, 4) is 5.75 Å². The molecule has 0 aliphatic heterocycles. The van der Waals surface area contributed by atoms with Crippen LogP contribution in [-0.2, 0) is 4.79 Å². The lowest BCUT2D eigenvalue weighted by atomic mass is 10.0. The number of carbonyl (C=O) groups excluding carboxylic acids is 1. The zero-order valence-electron chi connectivity index (χ0n) is 9.89. The Morgan fingerprint density at radius 3 is 2.53 bits per heavy atom. The van der Waals surface area contributed by atoms with Crippen molar-refractivity contribution in [2.75, 3.05) is 7.11 Å². The highest BCUT2D eigenvalue weighted by Crippen LogP contribution is 2.21. The van der Waals surface area contributed by atoms with Gasteiger partial charge in [0.2, 0.25) is 0 Å². The van der Waals surface area contributed by atoms with Gasteiger partial charge in [0, 0.05) is 11.4 Å². The Morgan fingerprint density at radius 2 is 2.12 bits per heavy atom. The van der Waals surface area contributed by atoms with Crippen LogP contribution in [0.3, 0.4) is 0 Å². The fourth-order valence-electron chi connectivity index (χ4n) is 1.27. The summed E-state index contributed by atoms with van der Waals surface area (Å²) in [6.45, 7) is 3.49. The first kappa shape index (κ1) is 13.5. The maximum atomic E-state index is 11.8. The molecule has 1 aromatic heterocycles. The molecule has 0 radical (unpaired) electrons. The second-order valence-corrected chi connectivity index (χ2v) is 4.80. The van der Waals surface area contributed by atoms with Crippen molar-refractivity contribution in [1.29, 1.82) is 0 Å². The average molecular weight is 257 g/mol. The zero-order chi connectivity index (χ0) is 13.0. The van der Waals surface area contributed by atoms with E-state index in [0.29, 0.717) is 10.6 Å². The van der Waals surface area contributed by atoms with Crippen molar-refractivity contribution >= 4 is 23.2 Å². The highest BCUT2D eigenvalue weighted by atomic mass is 32.1. The van der Waals surface area contributed by atoms with Gasteiger partial charge in [0.05, 0.1) is 12.0 Å². The maximum absolute atomic E-state index is 11.8. The van der Waals surface area contributed by atoms with E-state index >= 15 is 0 Å². The summed E-state index contributed by atoms with van der Waals surface area (Å²) in [7, 11) is 1.51. The van der Waals surface area contributed by atoms with Crippen LogP contribution in [0.1, 0.15) is 23.5 Å². The molecule has 0 saturated heterocycles. The average Bonchev–Trinajstić information content (AvgIpc) is 2.73. The van der Waals surface area contributed by atoms with Crippen molar-refractivity contribution in [3.63, 3.8) is 0 Å². The van der Waals surface area contributed by atoms with Crippen LogP contribution in [0.5, 0.6) is 5.75 Å². The van der Waals surface area contributed by atoms with Gasteiger partial charge in [-0.3, -0.25) is 4.79 Å². The number of amides is 1. The minimum absolute atomic E-state index is 0.168. The second-order valence-electron chi connectivity index (χ2n) is 3.88. The van der Waals surface area contributed by atoms with Gasteiger partial charge in [-0.05, 0) is 5.92 Å². The monoisotopic (exact) mass is 257 g/mol. The van der Waals surface area contributed by atoms with Crippen LogP contribution in [0.25, 0.3) is 0 Å². The summed E-state index contributed by atoms with van der Waals surface area (Å²) < 4.78 is 4.96. The van der Waals surface area contributed by atoms with E-state index in [1.807, 2.05) is 0 Å². The molecule has 5 nitrogen and oxygen atoms in total. The first-order chi connectivity index (χ1) is 7.95. The van der Waals surface area contributed by atoms with Crippen LogP contribution >= 0.6 is 11.3 Å². The van der Waals surface area contributed by atoms with Crippen molar-refractivity contribution < 1.29 is 19.4 Å². The Labute approximate surface area is 103 Å². The molecule has 0 aliphatic rings. The lowest BCUT2D eigenvalue weighted by Crippen LogP contribution is -2.44. The van der Waals surface area contributed by atoms with Gasteiger partial charge in [-0.15, -0.1) is 11.3 Å². The number of carbonyl (C=O) groups is 2. The molecule has 94 valence electrons. The van der Waals surface area contributed by atoms with Crippen LogP contribution in [0, 0.1) is 5.92 Å². The third-order valence-corrected chi connectivity index (χ3v) is 3.16. The number of nitrogens with one attached hydrogen (secondary N) is 1. The Kier molecular flexibility index (Phi) is 4.51. The molecule has 6 heteroatoms. The molecule has 17 heavy (non-hydrogen) atoms. The number of methoxy groups -OCH3 is 1. The fraction of sp³-hybridized carbons (Fsp3) is 0.455. The van der Waals surface area contributed by atoms with Gasteiger partial charge in [0.1, 0.15) is 11.8 Å². The largest absolute Gasteiger partial charge is 0.496 e. The third kappa shape index (κ3) is 3.45. The SMILES string of the molecule is COc1csc(C(=O)N[C@@H](C(=O)O)C(C)C)c1. The minimum Gasteiger partial charge on any atom is -0.496 e. The van der Waals surface area contributed by atoms with Gasteiger partial charge < -0.3 is 15.2 Å². The fourth-order valence-corrected chi connectivity index (χ4v) is 2.03. The van der Waals surface area contributed by atoms with Crippen LogP contribution in [0.4, 0.5) is 0 Å². The summed E-state index contributed by atoms with van der Waals surface area (Å²) in [5, 5.41) is 13.1. The molecule has 0 fully saturated rings. The van der Waals surface area contributed by atoms with E-state index in [2.05, 4.69) is 5.32 Å². The van der Waals surface area contributed by atoms with Gasteiger partial charge in [-0.25, -0.2) is 4.79 Å².